The van der Waals surface area contributed by atoms with Crippen LogP contribution in [0.5, 0.6) is 0 Å². The van der Waals surface area contributed by atoms with Gasteiger partial charge in [-0.15, -0.1) is 11.3 Å². The lowest BCUT2D eigenvalue weighted by Gasteiger charge is -2.34. The first-order valence-electron chi connectivity index (χ1n) is 11.3. The number of H-pyrrole nitrogens is 1. The van der Waals surface area contributed by atoms with E-state index in [4.69, 9.17) is 4.98 Å². The van der Waals surface area contributed by atoms with Crippen LogP contribution in [0, 0.1) is 0 Å². The van der Waals surface area contributed by atoms with Crippen LogP contribution in [0.25, 0.3) is 10.2 Å². The van der Waals surface area contributed by atoms with Crippen LogP contribution < -0.4 is 10.5 Å². The molecule has 8 heteroatoms. The van der Waals surface area contributed by atoms with Gasteiger partial charge in [0.25, 0.3) is 11.5 Å². The summed E-state index contributed by atoms with van der Waals surface area (Å²) in [6.07, 6.45) is 4.42. The van der Waals surface area contributed by atoms with E-state index in [9.17, 15) is 9.59 Å². The molecular formula is C24H29N5O2S. The largest absolute Gasteiger partial charge is 0.378 e. The molecule has 0 atom stereocenters. The number of nitrogens with zero attached hydrogens (tertiary/aromatic N) is 4. The Morgan fingerprint density at radius 3 is 2.53 bits per heavy atom. The standard InChI is InChI=1S/C24H29N5O2S/c1-27(2)17-9-7-16(8-10-17)24(31)29-13-11-28(12-14-29)15-20-25-22(30)21-18-5-3-4-6-19(18)32-23(21)26-20/h7-10H,3-6,11-15H2,1-2H3,(H,25,26,30). The highest BCUT2D eigenvalue weighted by atomic mass is 32.1. The number of rotatable bonds is 4. The SMILES string of the molecule is CN(C)c1ccc(C(=O)N2CCN(Cc3nc4sc5c(c4c(=O)[nH]3)CCCC5)CC2)cc1. The number of aryl methyl sites for hydroxylation is 2. The number of hydrogen-bond donors (Lipinski definition) is 1. The van der Waals surface area contributed by atoms with Gasteiger partial charge in [-0.3, -0.25) is 14.5 Å². The van der Waals surface area contributed by atoms with Gasteiger partial charge < -0.3 is 14.8 Å². The summed E-state index contributed by atoms with van der Waals surface area (Å²) in [6, 6.07) is 7.75. The third-order valence-corrected chi connectivity index (χ3v) is 7.72. The molecule has 168 valence electrons. The van der Waals surface area contributed by atoms with Crippen molar-refractivity contribution in [3.63, 3.8) is 0 Å². The van der Waals surface area contributed by atoms with Crippen LogP contribution in [-0.2, 0) is 19.4 Å². The Balaban J connectivity index is 1.23. The van der Waals surface area contributed by atoms with Crippen LogP contribution in [0.15, 0.2) is 29.1 Å². The van der Waals surface area contributed by atoms with Gasteiger partial charge >= 0.3 is 0 Å². The summed E-state index contributed by atoms with van der Waals surface area (Å²) in [5.41, 5.74) is 3.03. The molecule has 0 unspecified atom stereocenters. The number of fused-ring (bicyclic) bond motifs is 3. The number of benzene rings is 1. The highest BCUT2D eigenvalue weighted by Crippen LogP contribution is 2.33. The number of hydrogen-bond acceptors (Lipinski definition) is 6. The topological polar surface area (TPSA) is 72.5 Å². The molecule has 1 aliphatic carbocycles. The summed E-state index contributed by atoms with van der Waals surface area (Å²) in [5, 5.41) is 0.809. The molecule has 1 aliphatic heterocycles. The maximum Gasteiger partial charge on any atom is 0.259 e. The third kappa shape index (κ3) is 4.04. The fourth-order valence-electron chi connectivity index (χ4n) is 4.69. The first kappa shape index (κ1) is 21.2. The highest BCUT2D eigenvalue weighted by Gasteiger charge is 2.24. The second-order valence-corrected chi connectivity index (χ2v) is 10.00. The third-order valence-electron chi connectivity index (χ3n) is 6.54. The van der Waals surface area contributed by atoms with Gasteiger partial charge in [0.15, 0.2) is 0 Å². The smallest absolute Gasteiger partial charge is 0.259 e. The number of carbonyl (C=O) groups is 1. The van der Waals surface area contributed by atoms with Gasteiger partial charge in [0.05, 0.1) is 11.9 Å². The lowest BCUT2D eigenvalue weighted by Crippen LogP contribution is -2.48. The number of nitrogens with one attached hydrogen (secondary N) is 1. The van der Waals surface area contributed by atoms with Gasteiger partial charge in [0.2, 0.25) is 0 Å². The molecule has 1 saturated heterocycles. The molecule has 3 heterocycles. The molecule has 32 heavy (non-hydrogen) atoms. The highest BCUT2D eigenvalue weighted by molar-refractivity contribution is 7.18. The second kappa shape index (κ2) is 8.67. The molecule has 1 N–H and O–H groups in total. The van der Waals surface area contributed by atoms with Gasteiger partial charge in [-0.25, -0.2) is 4.98 Å². The van der Waals surface area contributed by atoms with Crippen LogP contribution >= 0.6 is 11.3 Å². The monoisotopic (exact) mass is 451 g/mol. The molecule has 1 amide bonds. The molecule has 1 fully saturated rings. The average molecular weight is 452 g/mol. The Morgan fingerprint density at radius 2 is 1.81 bits per heavy atom. The van der Waals surface area contributed by atoms with Crippen molar-refractivity contribution in [1.82, 2.24) is 19.8 Å². The number of thiophene rings is 1. The van der Waals surface area contributed by atoms with Crippen LogP contribution in [0.2, 0.25) is 0 Å². The molecule has 0 saturated carbocycles. The van der Waals surface area contributed by atoms with Gasteiger partial charge in [0, 0.05) is 56.4 Å². The first-order chi connectivity index (χ1) is 15.5. The number of aromatic amines is 1. The van der Waals surface area contributed by atoms with Gasteiger partial charge in [-0.1, -0.05) is 0 Å². The number of aromatic nitrogens is 2. The lowest BCUT2D eigenvalue weighted by molar-refractivity contribution is 0.0625. The van der Waals surface area contributed by atoms with Crippen LogP contribution in [0.4, 0.5) is 5.69 Å². The summed E-state index contributed by atoms with van der Waals surface area (Å²) < 4.78 is 0. The molecule has 0 spiro atoms. The zero-order valence-corrected chi connectivity index (χ0v) is 19.5. The van der Waals surface area contributed by atoms with E-state index in [-0.39, 0.29) is 11.5 Å². The van der Waals surface area contributed by atoms with Crippen molar-refractivity contribution in [3.8, 4) is 0 Å². The Kier molecular flexibility index (Phi) is 5.73. The minimum atomic E-state index is -0.000570. The molecule has 0 radical (unpaired) electrons. The van der Waals surface area contributed by atoms with Gasteiger partial charge in [-0.05, 0) is 55.5 Å². The summed E-state index contributed by atoms with van der Waals surface area (Å²) >= 11 is 1.69. The zero-order chi connectivity index (χ0) is 22.2. The predicted octanol–water partition coefficient (Wildman–Crippen LogP) is 2.89. The molecule has 2 aliphatic rings. The van der Waals surface area contributed by atoms with Crippen molar-refractivity contribution in [3.05, 3.63) is 56.4 Å². The van der Waals surface area contributed by atoms with Gasteiger partial charge in [-0.2, -0.15) is 0 Å². The summed E-state index contributed by atoms with van der Waals surface area (Å²) in [4.78, 5) is 41.9. The quantitative estimate of drug-likeness (QED) is 0.660. The number of carbonyl (C=O) groups excluding carboxylic acids is 1. The normalized spacial score (nSPS) is 16.9. The fraction of sp³-hybridized carbons (Fsp3) is 0.458. The number of anilines is 1. The van der Waals surface area contributed by atoms with Crippen molar-refractivity contribution < 1.29 is 4.79 Å². The van der Waals surface area contributed by atoms with E-state index in [1.165, 1.54) is 16.9 Å². The first-order valence-corrected chi connectivity index (χ1v) is 12.1. The van der Waals surface area contributed by atoms with Crippen LogP contribution in [0.3, 0.4) is 0 Å². The van der Waals surface area contributed by atoms with E-state index in [0.717, 1.165) is 59.6 Å². The summed E-state index contributed by atoms with van der Waals surface area (Å²) in [6.45, 7) is 3.49. The average Bonchev–Trinajstić information content (AvgIpc) is 3.18. The molecule has 2 aromatic heterocycles. The maximum absolute atomic E-state index is 12.9. The Labute approximate surface area is 191 Å². The zero-order valence-electron chi connectivity index (χ0n) is 18.7. The van der Waals surface area contributed by atoms with Crippen molar-refractivity contribution in [2.45, 2.75) is 32.2 Å². The molecule has 0 bridgehead atoms. The minimum absolute atomic E-state index is 0.000570. The van der Waals surface area contributed by atoms with Gasteiger partial charge in [0.1, 0.15) is 10.7 Å². The van der Waals surface area contributed by atoms with Crippen LogP contribution in [0.1, 0.15) is 39.5 Å². The Hall–Kier alpha value is -2.71. The number of piperazine rings is 1. The molecule has 7 nitrogen and oxygen atoms in total. The predicted molar refractivity (Wildman–Crippen MR) is 129 cm³/mol. The maximum atomic E-state index is 12.9. The van der Waals surface area contributed by atoms with E-state index in [1.54, 1.807) is 11.3 Å². The van der Waals surface area contributed by atoms with E-state index >= 15 is 0 Å². The Bertz CT molecular complexity index is 1190. The summed E-state index contributed by atoms with van der Waals surface area (Å²) in [5.74, 6) is 0.798. The van der Waals surface area contributed by atoms with E-state index in [0.29, 0.717) is 19.6 Å². The van der Waals surface area contributed by atoms with E-state index in [2.05, 4.69) is 9.88 Å². The Morgan fingerprint density at radius 1 is 1.09 bits per heavy atom. The lowest BCUT2D eigenvalue weighted by atomic mass is 9.97. The molecular weight excluding hydrogens is 422 g/mol. The van der Waals surface area contributed by atoms with Crippen molar-refractivity contribution in [2.75, 3.05) is 45.2 Å². The van der Waals surface area contributed by atoms with Crippen molar-refractivity contribution >= 4 is 33.1 Å². The van der Waals surface area contributed by atoms with E-state index in [1.807, 2.05) is 48.2 Å². The second-order valence-electron chi connectivity index (χ2n) is 8.91. The van der Waals surface area contributed by atoms with E-state index < -0.39 is 0 Å². The molecule has 5 rings (SSSR count). The molecule has 1 aromatic carbocycles. The number of amides is 1. The fourth-order valence-corrected chi connectivity index (χ4v) is 5.97. The minimum Gasteiger partial charge on any atom is -0.378 e. The molecule has 3 aromatic rings. The van der Waals surface area contributed by atoms with Crippen molar-refractivity contribution in [2.24, 2.45) is 0 Å². The summed E-state index contributed by atoms with van der Waals surface area (Å²) in [7, 11) is 3.98. The van der Waals surface area contributed by atoms with Crippen molar-refractivity contribution in [1.29, 1.82) is 0 Å². The van der Waals surface area contributed by atoms with Crippen LogP contribution in [-0.4, -0.2) is 65.9 Å².